The number of carbonyl (C=O) groups excluding carboxylic acids is 1. The molecule has 0 spiro atoms. The molecular formula is C5H7O2+. The zero-order valence-corrected chi connectivity index (χ0v) is 4.36. The van der Waals surface area contributed by atoms with E-state index in [0.717, 1.165) is 0 Å². The van der Waals surface area contributed by atoms with E-state index in [1.807, 2.05) is 0 Å². The monoisotopic (exact) mass is 100 g/mol. The zero-order valence-electron chi connectivity index (χ0n) is 4.36. The summed E-state index contributed by atoms with van der Waals surface area (Å²) < 4.78 is 0. The quantitative estimate of drug-likeness (QED) is 0.229. The number of hydrogen-bond donors (Lipinski definition) is 1. The molecule has 0 aromatic carbocycles. The van der Waals surface area contributed by atoms with Crippen LogP contribution in [0, 0.1) is 6.08 Å². The molecule has 0 fully saturated rings. The van der Waals surface area contributed by atoms with Gasteiger partial charge in [-0.15, -0.1) is 0 Å². The van der Waals surface area contributed by atoms with Gasteiger partial charge in [0.05, 0.1) is 6.92 Å². The molecule has 0 aliphatic heterocycles. The van der Waals surface area contributed by atoms with Crippen LogP contribution in [0.5, 0.6) is 0 Å². The Hall–Kier alpha value is -0.880. The number of carbonyl (C=O) groups is 1. The van der Waals surface area contributed by atoms with E-state index < -0.39 is 0 Å². The van der Waals surface area contributed by atoms with Gasteiger partial charge in [-0.05, 0) is 0 Å². The molecule has 0 amide bonds. The van der Waals surface area contributed by atoms with E-state index in [4.69, 9.17) is 5.11 Å². The summed E-state index contributed by atoms with van der Waals surface area (Å²) in [5.41, 5.74) is 0. The normalized spacial score (nSPS) is 10.3. The average molecular weight is 100 g/mol. The van der Waals surface area contributed by atoms with Crippen molar-refractivity contribution < 1.29 is 9.90 Å². The second-order valence-electron chi connectivity index (χ2n) is 1.27. The summed E-state index contributed by atoms with van der Waals surface area (Å²) >= 11 is 0. The Morgan fingerprint density at radius 3 is 2.00 bits per heavy atom. The van der Waals surface area contributed by atoms with E-state index in [1.165, 1.54) is 13.8 Å². The van der Waals surface area contributed by atoms with Crippen molar-refractivity contribution in [3.8, 4) is 0 Å². The van der Waals surface area contributed by atoms with Crippen LogP contribution in [-0.4, -0.2) is 10.9 Å². The lowest BCUT2D eigenvalue weighted by atomic mass is 10.4. The van der Waals surface area contributed by atoms with Gasteiger partial charge in [0.25, 0.3) is 0 Å². The number of aliphatic hydroxyl groups excluding tert-OH is 1. The maximum absolute atomic E-state index is 9.96. The molecule has 0 rings (SSSR count). The Labute approximate surface area is 42.5 Å². The van der Waals surface area contributed by atoms with Crippen LogP contribution in [0.2, 0.25) is 0 Å². The first kappa shape index (κ1) is 6.12. The standard InChI is InChI=1S/C5H6O2/c1-4(6)3-5(2)7/h1-2H3/p+1/i1+1. The second-order valence-corrected chi connectivity index (χ2v) is 1.27. The van der Waals surface area contributed by atoms with Gasteiger partial charge in [-0.25, -0.2) is 4.79 Å². The van der Waals surface area contributed by atoms with Gasteiger partial charge < -0.3 is 5.11 Å². The van der Waals surface area contributed by atoms with Crippen LogP contribution in [0.25, 0.3) is 0 Å². The molecule has 2 heteroatoms. The van der Waals surface area contributed by atoms with Crippen molar-refractivity contribution in [3.63, 3.8) is 0 Å². The minimum Gasteiger partial charge on any atom is -0.472 e. The summed E-state index contributed by atoms with van der Waals surface area (Å²) in [5.74, 6) is -0.312. The first-order chi connectivity index (χ1) is 3.13. The van der Waals surface area contributed by atoms with Crippen molar-refractivity contribution in [2.75, 3.05) is 0 Å². The van der Waals surface area contributed by atoms with E-state index in [0.29, 0.717) is 0 Å². The van der Waals surface area contributed by atoms with Gasteiger partial charge in [0.15, 0.2) is 0 Å². The molecule has 0 aromatic rings. The highest BCUT2D eigenvalue weighted by Gasteiger charge is 2.05. The number of hydrogen-bond acceptors (Lipinski definition) is 2. The van der Waals surface area contributed by atoms with Crippen LogP contribution >= 0.6 is 0 Å². The lowest BCUT2D eigenvalue weighted by Crippen LogP contribution is -1.84. The maximum Gasteiger partial charge on any atom is 0.392 e. The first-order valence-electron chi connectivity index (χ1n) is 1.93. The predicted molar refractivity (Wildman–Crippen MR) is 25.7 cm³/mol. The van der Waals surface area contributed by atoms with Crippen LogP contribution in [0.1, 0.15) is 13.8 Å². The van der Waals surface area contributed by atoms with Crippen LogP contribution in [0.15, 0.2) is 5.76 Å². The van der Waals surface area contributed by atoms with E-state index >= 15 is 0 Å². The molecule has 38 valence electrons. The topological polar surface area (TPSA) is 37.3 Å². The van der Waals surface area contributed by atoms with Gasteiger partial charge in [0.2, 0.25) is 0 Å². The van der Waals surface area contributed by atoms with Crippen LogP contribution in [0.4, 0.5) is 0 Å². The Kier molecular flexibility index (Phi) is 2.03. The summed E-state index contributed by atoms with van der Waals surface area (Å²) in [4.78, 5) is 9.96. The molecule has 0 aliphatic rings. The largest absolute Gasteiger partial charge is 0.472 e. The average Bonchev–Trinajstić information content (AvgIpc) is 1.27. The van der Waals surface area contributed by atoms with Gasteiger partial charge in [0, 0.05) is 6.92 Å². The van der Waals surface area contributed by atoms with Crippen LogP contribution < -0.4 is 0 Å². The van der Waals surface area contributed by atoms with E-state index in [1.54, 1.807) is 0 Å². The van der Waals surface area contributed by atoms with Crippen molar-refractivity contribution in [1.82, 2.24) is 0 Å². The highest BCUT2D eigenvalue weighted by Crippen LogP contribution is 1.80. The second kappa shape index (κ2) is 2.32. The molecule has 0 aliphatic carbocycles. The zero-order chi connectivity index (χ0) is 5.86. The van der Waals surface area contributed by atoms with Gasteiger partial charge in [-0.2, -0.15) is 0 Å². The molecule has 0 saturated heterocycles. The van der Waals surface area contributed by atoms with Gasteiger partial charge in [-0.1, -0.05) is 0 Å². The molecule has 1 N–H and O–H groups in total. The number of aliphatic hydroxyl groups is 1. The molecule has 7 heavy (non-hydrogen) atoms. The van der Waals surface area contributed by atoms with Crippen LogP contribution in [-0.2, 0) is 4.79 Å². The minimum atomic E-state index is -0.250. The summed E-state index contributed by atoms with van der Waals surface area (Å²) in [7, 11) is 0. The Balaban J connectivity index is 3.68. The highest BCUT2D eigenvalue weighted by atomic mass is 16.3. The minimum absolute atomic E-state index is 0.0625. The summed E-state index contributed by atoms with van der Waals surface area (Å²) in [5, 5.41) is 8.31. The molecule has 0 bridgehead atoms. The van der Waals surface area contributed by atoms with Gasteiger partial charge >= 0.3 is 17.6 Å². The summed E-state index contributed by atoms with van der Waals surface area (Å²) in [6, 6.07) is 0. The summed E-state index contributed by atoms with van der Waals surface area (Å²) in [6.45, 7) is 2.74. The van der Waals surface area contributed by atoms with E-state index in [-0.39, 0.29) is 11.5 Å². The third-order valence-electron chi connectivity index (χ3n) is 0.357. The van der Waals surface area contributed by atoms with Crippen LogP contribution in [0.3, 0.4) is 0 Å². The highest BCUT2D eigenvalue weighted by molar-refractivity contribution is 5.83. The van der Waals surface area contributed by atoms with E-state index in [2.05, 4.69) is 6.08 Å². The van der Waals surface area contributed by atoms with Crippen molar-refractivity contribution in [1.29, 1.82) is 0 Å². The van der Waals surface area contributed by atoms with Crippen molar-refractivity contribution in [3.05, 3.63) is 11.8 Å². The number of Topliss-reactive ketones (excluding diaryl/α,β-unsaturated/α-hetero) is 1. The third-order valence-corrected chi connectivity index (χ3v) is 0.357. The summed E-state index contributed by atoms with van der Waals surface area (Å²) in [6.07, 6.45) is 2.14. The van der Waals surface area contributed by atoms with E-state index in [9.17, 15) is 4.79 Å². The fourth-order valence-electron chi connectivity index (χ4n) is 0.255. The Morgan fingerprint density at radius 1 is 1.57 bits per heavy atom. The van der Waals surface area contributed by atoms with Crippen molar-refractivity contribution in [2.45, 2.75) is 13.8 Å². The van der Waals surface area contributed by atoms with Gasteiger partial charge in [0.1, 0.15) is 0 Å². The number of rotatable bonds is 1. The predicted octanol–water partition coefficient (Wildman–Crippen LogP) is 0.840. The number of ketones is 1. The first-order valence-corrected chi connectivity index (χ1v) is 1.93. The fraction of sp³-hybridized carbons (Fsp3) is 0.400. The molecular weight excluding hydrogens is 93.0 g/mol. The lowest BCUT2D eigenvalue weighted by Gasteiger charge is -1.62. The van der Waals surface area contributed by atoms with Crippen molar-refractivity contribution in [2.24, 2.45) is 0 Å². The Morgan fingerprint density at radius 2 is 2.00 bits per heavy atom. The Bertz CT molecular complexity index is 98.6. The molecule has 2 nitrogen and oxygen atoms in total. The molecule has 0 aromatic heterocycles. The molecule has 0 atom stereocenters. The lowest BCUT2D eigenvalue weighted by molar-refractivity contribution is -0.113. The number of allylic oxidation sites excluding steroid dienone is 2. The van der Waals surface area contributed by atoms with Gasteiger partial charge in [-0.3, -0.25) is 0 Å². The SMILES string of the molecule is CC(=O)[C+]=C([13CH3])O. The third kappa shape index (κ3) is 5.12. The van der Waals surface area contributed by atoms with Crippen molar-refractivity contribution >= 4 is 5.78 Å². The molecule has 0 heterocycles. The maximum atomic E-state index is 9.96. The molecule has 0 unspecified atom stereocenters. The molecule has 0 saturated carbocycles. The fourth-order valence-corrected chi connectivity index (χ4v) is 0.255. The molecule has 0 radical (unpaired) electrons. The smallest absolute Gasteiger partial charge is 0.392 e.